The fraction of sp³-hybridized carbons (Fsp3) is 0.632. The van der Waals surface area contributed by atoms with Gasteiger partial charge in [-0.15, -0.1) is 0 Å². The largest absolute Gasteiger partial charge is 0.454 e. The van der Waals surface area contributed by atoms with E-state index in [-0.39, 0.29) is 18.7 Å². The number of likely N-dealkylation sites (N-methyl/N-ethyl adjacent to an activating group) is 1. The number of amides is 1. The van der Waals surface area contributed by atoms with Crippen molar-refractivity contribution in [1.29, 1.82) is 0 Å². The van der Waals surface area contributed by atoms with E-state index in [1.165, 1.54) is 5.56 Å². The lowest BCUT2D eigenvalue weighted by atomic mass is 10.1. The molecule has 1 aromatic rings. The molecule has 0 saturated heterocycles. The fourth-order valence-corrected chi connectivity index (χ4v) is 3.07. The van der Waals surface area contributed by atoms with Crippen LogP contribution in [0.3, 0.4) is 0 Å². The first-order valence-electron chi connectivity index (χ1n) is 9.41. The van der Waals surface area contributed by atoms with Gasteiger partial charge in [0.25, 0.3) is 0 Å². The molecule has 0 bridgehead atoms. The number of nitrogens with two attached hydrogens (primary N) is 2. The van der Waals surface area contributed by atoms with Crippen molar-refractivity contribution in [1.82, 2.24) is 10.2 Å². The zero-order valence-corrected chi connectivity index (χ0v) is 15.9. The number of nitrogens with one attached hydrogen (secondary N) is 1. The Morgan fingerprint density at radius 3 is 2.81 bits per heavy atom. The van der Waals surface area contributed by atoms with E-state index in [4.69, 9.17) is 20.9 Å². The second-order valence-electron chi connectivity index (χ2n) is 6.74. The predicted octanol–water partition coefficient (Wildman–Crippen LogP) is 1.20. The average molecular weight is 364 g/mol. The van der Waals surface area contributed by atoms with Crippen LogP contribution in [0.15, 0.2) is 18.2 Å². The maximum Gasteiger partial charge on any atom is 0.237 e. The summed E-state index contributed by atoms with van der Waals surface area (Å²) >= 11 is 0. The molecular weight excluding hydrogens is 332 g/mol. The van der Waals surface area contributed by atoms with Crippen LogP contribution in [0.5, 0.6) is 11.5 Å². The van der Waals surface area contributed by atoms with Crippen LogP contribution in [0, 0.1) is 0 Å². The highest BCUT2D eigenvalue weighted by atomic mass is 16.7. The molecule has 2 atom stereocenters. The van der Waals surface area contributed by atoms with Crippen molar-refractivity contribution in [3.05, 3.63) is 23.8 Å². The molecule has 2 unspecified atom stereocenters. The van der Waals surface area contributed by atoms with Gasteiger partial charge < -0.3 is 26.3 Å². The van der Waals surface area contributed by atoms with E-state index in [1.807, 2.05) is 12.1 Å². The van der Waals surface area contributed by atoms with Crippen molar-refractivity contribution < 1.29 is 14.3 Å². The van der Waals surface area contributed by atoms with Gasteiger partial charge >= 0.3 is 0 Å². The van der Waals surface area contributed by atoms with Gasteiger partial charge in [0.05, 0.1) is 12.7 Å². The van der Waals surface area contributed by atoms with Gasteiger partial charge in [0.15, 0.2) is 11.5 Å². The summed E-state index contributed by atoms with van der Waals surface area (Å²) in [6.45, 7) is 6.49. The number of ether oxygens (including phenoxy) is 2. The normalized spacial score (nSPS) is 15.1. The van der Waals surface area contributed by atoms with Crippen LogP contribution in [-0.4, -0.2) is 49.4 Å². The molecule has 7 heteroatoms. The molecule has 1 aliphatic rings. The first-order valence-corrected chi connectivity index (χ1v) is 9.41. The van der Waals surface area contributed by atoms with Gasteiger partial charge in [-0.25, -0.2) is 0 Å². The minimum Gasteiger partial charge on any atom is -0.454 e. The lowest BCUT2D eigenvalue weighted by Gasteiger charge is -2.28. The summed E-state index contributed by atoms with van der Waals surface area (Å²) in [5.74, 6) is 1.50. The van der Waals surface area contributed by atoms with Crippen molar-refractivity contribution in [2.45, 2.75) is 51.6 Å². The number of unbranched alkanes of at least 4 members (excludes halogenated alkanes) is 1. The van der Waals surface area contributed by atoms with Crippen molar-refractivity contribution in [2.24, 2.45) is 11.5 Å². The molecule has 1 aliphatic heterocycles. The van der Waals surface area contributed by atoms with Crippen LogP contribution in [0.4, 0.5) is 0 Å². The number of carbonyl (C=O) groups is 1. The number of fused-ring (bicyclic) bond motifs is 1. The lowest BCUT2D eigenvalue weighted by Crippen LogP contribution is -2.48. The first-order chi connectivity index (χ1) is 12.5. The summed E-state index contributed by atoms with van der Waals surface area (Å²) in [5, 5.41) is 2.95. The van der Waals surface area contributed by atoms with Crippen molar-refractivity contribution in [2.75, 3.05) is 26.6 Å². The van der Waals surface area contributed by atoms with Crippen LogP contribution in [0.25, 0.3) is 0 Å². The number of hydrogen-bond donors (Lipinski definition) is 3. The Labute approximate surface area is 156 Å². The van der Waals surface area contributed by atoms with Crippen molar-refractivity contribution in [3.63, 3.8) is 0 Å². The molecule has 1 amide bonds. The highest BCUT2D eigenvalue weighted by Gasteiger charge is 2.18. The molecule has 5 N–H and O–H groups in total. The molecule has 2 rings (SSSR count). The third kappa shape index (κ3) is 5.86. The second kappa shape index (κ2) is 10.4. The SMILES string of the molecule is CCN(CNC(=O)C(N)CCCCN)C(C)Cc1ccc2c(c1)OCO2. The molecule has 7 nitrogen and oxygen atoms in total. The van der Waals surface area contributed by atoms with Gasteiger partial charge in [0.2, 0.25) is 12.7 Å². The third-order valence-electron chi connectivity index (χ3n) is 4.76. The second-order valence-corrected chi connectivity index (χ2v) is 6.74. The van der Waals surface area contributed by atoms with E-state index in [9.17, 15) is 4.79 Å². The summed E-state index contributed by atoms with van der Waals surface area (Å²) in [6, 6.07) is 5.84. The van der Waals surface area contributed by atoms with Crippen molar-refractivity contribution >= 4 is 5.91 Å². The molecular formula is C19H32N4O3. The Bertz CT molecular complexity index is 582. The molecule has 0 aromatic heterocycles. The van der Waals surface area contributed by atoms with Crippen LogP contribution >= 0.6 is 0 Å². The Morgan fingerprint density at radius 2 is 2.08 bits per heavy atom. The highest BCUT2D eigenvalue weighted by Crippen LogP contribution is 2.32. The molecule has 146 valence electrons. The Balaban J connectivity index is 1.80. The van der Waals surface area contributed by atoms with E-state index < -0.39 is 6.04 Å². The molecule has 0 radical (unpaired) electrons. The predicted molar refractivity (Wildman–Crippen MR) is 102 cm³/mol. The molecule has 0 aliphatic carbocycles. The van der Waals surface area contributed by atoms with Crippen LogP contribution in [0.1, 0.15) is 38.7 Å². The molecule has 1 heterocycles. The monoisotopic (exact) mass is 364 g/mol. The summed E-state index contributed by atoms with van der Waals surface area (Å²) in [5.41, 5.74) is 12.6. The molecule has 0 fully saturated rings. The molecule has 0 spiro atoms. The number of carbonyl (C=O) groups excluding carboxylic acids is 1. The average Bonchev–Trinajstić information content (AvgIpc) is 3.09. The molecule has 1 aromatic carbocycles. The van der Waals surface area contributed by atoms with Gasteiger partial charge in [0.1, 0.15) is 0 Å². The van der Waals surface area contributed by atoms with Crippen LogP contribution in [0.2, 0.25) is 0 Å². The first kappa shape index (κ1) is 20.5. The molecule has 0 saturated carbocycles. The maximum atomic E-state index is 12.1. The van der Waals surface area contributed by atoms with Gasteiger partial charge in [-0.3, -0.25) is 9.69 Å². The smallest absolute Gasteiger partial charge is 0.237 e. The van der Waals surface area contributed by atoms with Crippen molar-refractivity contribution in [3.8, 4) is 11.5 Å². The third-order valence-corrected chi connectivity index (χ3v) is 4.76. The standard InChI is InChI=1S/C19H32N4O3/c1-3-23(12-22-19(24)16(21)6-4-5-9-20)14(2)10-15-7-8-17-18(11-15)26-13-25-17/h7-8,11,14,16H,3-6,9-10,12-13,20-21H2,1-2H3,(H,22,24). The number of rotatable bonds is 11. The van der Waals surface area contributed by atoms with Gasteiger partial charge in [-0.2, -0.15) is 0 Å². The molecule has 26 heavy (non-hydrogen) atoms. The zero-order chi connectivity index (χ0) is 18.9. The lowest BCUT2D eigenvalue weighted by molar-refractivity contribution is -0.123. The van der Waals surface area contributed by atoms with Gasteiger partial charge in [-0.1, -0.05) is 19.4 Å². The van der Waals surface area contributed by atoms with E-state index >= 15 is 0 Å². The Hall–Kier alpha value is -1.83. The number of benzene rings is 1. The topological polar surface area (TPSA) is 103 Å². The number of nitrogens with zero attached hydrogens (tertiary/aromatic N) is 1. The van der Waals surface area contributed by atoms with E-state index in [0.717, 1.165) is 37.3 Å². The maximum absolute atomic E-state index is 12.1. The quantitative estimate of drug-likeness (QED) is 0.403. The summed E-state index contributed by atoms with van der Waals surface area (Å²) in [6.07, 6.45) is 3.31. The fourth-order valence-electron chi connectivity index (χ4n) is 3.07. The summed E-state index contributed by atoms with van der Waals surface area (Å²) in [7, 11) is 0. The minimum absolute atomic E-state index is 0.101. The number of hydrogen-bond acceptors (Lipinski definition) is 6. The van der Waals surface area contributed by atoms with E-state index in [2.05, 4.69) is 30.1 Å². The van der Waals surface area contributed by atoms with E-state index in [1.54, 1.807) is 0 Å². The summed E-state index contributed by atoms with van der Waals surface area (Å²) in [4.78, 5) is 14.4. The summed E-state index contributed by atoms with van der Waals surface area (Å²) < 4.78 is 10.8. The van der Waals surface area contributed by atoms with E-state index in [0.29, 0.717) is 19.6 Å². The minimum atomic E-state index is -0.468. The van der Waals surface area contributed by atoms with Crippen LogP contribution < -0.4 is 26.3 Å². The van der Waals surface area contributed by atoms with Crippen LogP contribution in [-0.2, 0) is 11.2 Å². The Morgan fingerprint density at radius 1 is 1.31 bits per heavy atom. The van der Waals surface area contributed by atoms with Gasteiger partial charge in [0, 0.05) is 6.04 Å². The van der Waals surface area contributed by atoms with Gasteiger partial charge in [-0.05, 0) is 57.0 Å². The highest BCUT2D eigenvalue weighted by molar-refractivity contribution is 5.81. The zero-order valence-electron chi connectivity index (χ0n) is 15.9. The Kier molecular flexibility index (Phi) is 8.15.